The van der Waals surface area contributed by atoms with Crippen LogP contribution in [0.3, 0.4) is 0 Å². The van der Waals surface area contributed by atoms with Crippen LogP contribution in [-0.2, 0) is 6.54 Å². The molecule has 0 aliphatic carbocycles. The molecule has 1 aromatic rings. The summed E-state index contributed by atoms with van der Waals surface area (Å²) in [6.45, 7) is -0.0989. The molecule has 0 aliphatic heterocycles. The second-order valence-corrected chi connectivity index (χ2v) is 3.72. The van der Waals surface area contributed by atoms with Crippen LogP contribution in [0.25, 0.3) is 0 Å². The third-order valence-electron chi connectivity index (χ3n) is 1.87. The number of aliphatic hydroxyl groups is 2. The molecule has 84 valence electrons. The zero-order valence-corrected chi connectivity index (χ0v) is 9.29. The van der Waals surface area contributed by atoms with Crippen molar-refractivity contribution >= 4 is 21.7 Å². The van der Waals surface area contributed by atoms with Crippen molar-refractivity contribution in [3.63, 3.8) is 0 Å². The first-order valence-electron chi connectivity index (χ1n) is 4.17. The van der Waals surface area contributed by atoms with Crippen molar-refractivity contribution in [1.29, 1.82) is 0 Å². The number of halogens is 1. The van der Waals surface area contributed by atoms with E-state index in [1.807, 2.05) is 0 Å². The average Bonchev–Trinajstić information content (AvgIpc) is 2.56. The maximum absolute atomic E-state index is 10.4. The lowest BCUT2D eigenvalue weighted by atomic mass is 10.2. The van der Waals surface area contributed by atoms with Gasteiger partial charge in [-0.2, -0.15) is 0 Å². The maximum Gasteiger partial charge on any atom is 0.382 e. The quantitative estimate of drug-likeness (QED) is 0.590. The summed E-state index contributed by atoms with van der Waals surface area (Å²) in [4.78, 5) is 13.4. The minimum Gasteiger partial charge on any atom is -0.396 e. The molecule has 0 bridgehead atoms. The zero-order valence-electron chi connectivity index (χ0n) is 7.71. The van der Waals surface area contributed by atoms with Crippen LogP contribution >= 0.6 is 15.9 Å². The largest absolute Gasteiger partial charge is 0.396 e. The number of aliphatic hydroxyl groups excluding tert-OH is 2. The lowest BCUT2D eigenvalue weighted by Crippen LogP contribution is -2.18. The molecule has 0 atom stereocenters. The van der Waals surface area contributed by atoms with Crippen LogP contribution in [-0.4, -0.2) is 37.9 Å². The molecular weight excluding hydrogens is 270 g/mol. The van der Waals surface area contributed by atoms with E-state index in [1.54, 1.807) is 0 Å². The lowest BCUT2D eigenvalue weighted by Gasteiger charge is -2.10. The van der Waals surface area contributed by atoms with E-state index >= 15 is 0 Å². The van der Waals surface area contributed by atoms with Gasteiger partial charge in [-0.25, -0.2) is 0 Å². The third-order valence-corrected chi connectivity index (χ3v) is 2.51. The Hall–Kier alpha value is -0.990. The molecule has 0 aliphatic rings. The first kappa shape index (κ1) is 12.1. The van der Waals surface area contributed by atoms with E-state index in [4.69, 9.17) is 10.2 Å². The fraction of sp³-hybridized carbons (Fsp3) is 0.571. The van der Waals surface area contributed by atoms with Crippen molar-refractivity contribution in [3.8, 4) is 0 Å². The second kappa shape index (κ2) is 5.19. The van der Waals surface area contributed by atoms with Crippen molar-refractivity contribution < 1.29 is 15.1 Å². The van der Waals surface area contributed by atoms with E-state index < -0.39 is 4.92 Å². The number of nitrogens with zero attached hydrogens (tertiary/aromatic N) is 3. The minimum atomic E-state index is -0.603. The first-order chi connectivity index (χ1) is 7.08. The van der Waals surface area contributed by atoms with Gasteiger partial charge in [0.15, 0.2) is 0 Å². The topological polar surface area (TPSA) is 101 Å². The molecule has 7 nitrogen and oxygen atoms in total. The normalized spacial score (nSPS) is 10.9. The SMILES string of the molecule is O=[N+]([O-])c1cn(CC(CO)CO)c(Br)n1. The molecule has 0 saturated heterocycles. The zero-order chi connectivity index (χ0) is 11.4. The van der Waals surface area contributed by atoms with Crippen molar-refractivity contribution in [1.82, 2.24) is 9.55 Å². The fourth-order valence-corrected chi connectivity index (χ4v) is 1.48. The third kappa shape index (κ3) is 2.98. The summed E-state index contributed by atoms with van der Waals surface area (Å²) in [5.41, 5.74) is 0. The number of rotatable bonds is 5. The molecule has 0 amide bonds. The molecule has 0 fully saturated rings. The summed E-state index contributed by atoms with van der Waals surface area (Å²) in [6.07, 6.45) is 1.25. The monoisotopic (exact) mass is 279 g/mol. The highest BCUT2D eigenvalue weighted by atomic mass is 79.9. The summed E-state index contributed by atoms with van der Waals surface area (Å²) in [6, 6.07) is 0. The van der Waals surface area contributed by atoms with E-state index in [-0.39, 0.29) is 31.5 Å². The Labute approximate surface area is 93.6 Å². The Morgan fingerprint density at radius 1 is 1.60 bits per heavy atom. The van der Waals surface area contributed by atoms with Gasteiger partial charge in [0.05, 0.1) is 0 Å². The maximum atomic E-state index is 10.4. The fourth-order valence-electron chi connectivity index (χ4n) is 1.05. The van der Waals surface area contributed by atoms with E-state index in [0.29, 0.717) is 4.73 Å². The van der Waals surface area contributed by atoms with Gasteiger partial charge in [-0.05, 0) is 9.91 Å². The summed E-state index contributed by atoms with van der Waals surface area (Å²) < 4.78 is 1.77. The van der Waals surface area contributed by atoms with Crippen LogP contribution in [0.1, 0.15) is 0 Å². The predicted molar refractivity (Wildman–Crippen MR) is 54.2 cm³/mol. The number of aromatic nitrogens is 2. The molecule has 1 aromatic heterocycles. The molecule has 0 radical (unpaired) electrons. The summed E-state index contributed by atoms with van der Waals surface area (Å²) in [5.74, 6) is -0.619. The van der Waals surface area contributed by atoms with Crippen LogP contribution in [0.15, 0.2) is 10.9 Å². The standard InChI is InChI=1S/C7H10BrN3O4/c8-7-9-6(11(14)15)2-10(7)1-5(3-12)4-13/h2,5,12-13H,1,3-4H2. The Morgan fingerprint density at radius 2 is 2.20 bits per heavy atom. The van der Waals surface area contributed by atoms with Gasteiger partial charge < -0.3 is 20.3 Å². The van der Waals surface area contributed by atoms with Crippen molar-refractivity contribution in [2.24, 2.45) is 5.92 Å². The Kier molecular flexibility index (Phi) is 4.18. The van der Waals surface area contributed by atoms with Gasteiger partial charge in [-0.3, -0.25) is 4.57 Å². The average molecular weight is 280 g/mol. The summed E-state index contributed by atoms with van der Waals surface area (Å²) in [5, 5.41) is 28.1. The Bertz CT molecular complexity index is 350. The number of imidazole rings is 1. The van der Waals surface area contributed by atoms with Gasteiger partial charge >= 0.3 is 5.82 Å². The van der Waals surface area contributed by atoms with Crippen molar-refractivity contribution in [2.75, 3.05) is 13.2 Å². The number of hydrogen-bond donors (Lipinski definition) is 2. The molecule has 0 spiro atoms. The molecule has 8 heteroatoms. The minimum absolute atomic E-state index is 0.186. The molecule has 15 heavy (non-hydrogen) atoms. The van der Waals surface area contributed by atoms with Crippen molar-refractivity contribution in [2.45, 2.75) is 6.54 Å². The van der Waals surface area contributed by atoms with Crippen LogP contribution in [0.5, 0.6) is 0 Å². The van der Waals surface area contributed by atoms with Crippen LogP contribution in [0.2, 0.25) is 0 Å². The van der Waals surface area contributed by atoms with Gasteiger partial charge in [-0.15, -0.1) is 0 Å². The van der Waals surface area contributed by atoms with Crippen LogP contribution in [0, 0.1) is 16.0 Å². The molecule has 1 heterocycles. The highest BCUT2D eigenvalue weighted by molar-refractivity contribution is 9.10. The molecule has 2 N–H and O–H groups in total. The number of hydrogen-bond acceptors (Lipinski definition) is 5. The molecular formula is C7H10BrN3O4. The molecule has 0 saturated carbocycles. The van der Waals surface area contributed by atoms with Gasteiger partial charge in [-0.1, -0.05) is 0 Å². The Morgan fingerprint density at radius 3 is 2.60 bits per heavy atom. The second-order valence-electron chi connectivity index (χ2n) is 3.01. The molecule has 1 rings (SSSR count). The number of nitro groups is 1. The molecule has 0 unspecified atom stereocenters. The predicted octanol–water partition coefficient (Wildman–Crippen LogP) is 0.155. The van der Waals surface area contributed by atoms with E-state index in [9.17, 15) is 10.1 Å². The van der Waals surface area contributed by atoms with Gasteiger partial charge in [0.25, 0.3) is 4.73 Å². The van der Waals surface area contributed by atoms with E-state index in [1.165, 1.54) is 10.8 Å². The highest BCUT2D eigenvalue weighted by Crippen LogP contribution is 2.17. The Balaban J connectivity index is 2.81. The van der Waals surface area contributed by atoms with Crippen LogP contribution in [0.4, 0.5) is 5.82 Å². The van der Waals surface area contributed by atoms with Gasteiger partial charge in [0.2, 0.25) is 0 Å². The van der Waals surface area contributed by atoms with Crippen LogP contribution < -0.4 is 0 Å². The molecule has 0 aromatic carbocycles. The summed E-state index contributed by atoms with van der Waals surface area (Å²) >= 11 is 3.06. The van der Waals surface area contributed by atoms with E-state index in [0.717, 1.165) is 0 Å². The smallest absolute Gasteiger partial charge is 0.382 e. The lowest BCUT2D eigenvalue weighted by molar-refractivity contribution is -0.389. The summed E-state index contributed by atoms with van der Waals surface area (Å²) in [7, 11) is 0. The van der Waals surface area contributed by atoms with E-state index in [2.05, 4.69) is 20.9 Å². The first-order valence-corrected chi connectivity index (χ1v) is 4.96. The highest BCUT2D eigenvalue weighted by Gasteiger charge is 2.18. The van der Waals surface area contributed by atoms with Gasteiger partial charge in [0, 0.05) is 41.6 Å². The van der Waals surface area contributed by atoms with Gasteiger partial charge in [0.1, 0.15) is 6.20 Å². The van der Waals surface area contributed by atoms with Crippen molar-refractivity contribution in [3.05, 3.63) is 21.0 Å².